The van der Waals surface area contributed by atoms with Crippen molar-refractivity contribution in [3.63, 3.8) is 0 Å². The maximum atomic E-state index is 13.7. The fourth-order valence-corrected chi connectivity index (χ4v) is 2.56. The van der Waals surface area contributed by atoms with E-state index in [4.69, 9.17) is 9.84 Å². The molecule has 1 N–H and O–H groups in total. The Labute approximate surface area is 145 Å². The molecule has 1 aromatic carbocycles. The zero-order valence-electron chi connectivity index (χ0n) is 14.3. The molecule has 1 unspecified atom stereocenters. The SMILES string of the molecule is COc1ccc(C(=O)CCC(=O)N(CC(C)C(=O)O)C2CC2)cc1F. The molecule has 0 radical (unpaired) electrons. The number of rotatable bonds is 9. The first-order chi connectivity index (χ1) is 11.8. The molecule has 1 aromatic rings. The van der Waals surface area contributed by atoms with E-state index in [1.54, 1.807) is 11.8 Å². The molecule has 0 aliphatic heterocycles. The van der Waals surface area contributed by atoms with E-state index in [1.807, 2.05) is 0 Å². The van der Waals surface area contributed by atoms with Crippen molar-refractivity contribution >= 4 is 17.7 Å². The van der Waals surface area contributed by atoms with Gasteiger partial charge in [-0.05, 0) is 31.0 Å². The molecular weight excluding hydrogens is 329 g/mol. The van der Waals surface area contributed by atoms with E-state index in [0.29, 0.717) is 0 Å². The van der Waals surface area contributed by atoms with Crippen LogP contribution in [-0.2, 0) is 9.59 Å². The molecule has 1 amide bonds. The fraction of sp³-hybridized carbons (Fsp3) is 0.500. The zero-order valence-corrected chi connectivity index (χ0v) is 14.3. The van der Waals surface area contributed by atoms with Crippen molar-refractivity contribution in [2.24, 2.45) is 5.92 Å². The second-order valence-electron chi connectivity index (χ2n) is 6.29. The van der Waals surface area contributed by atoms with E-state index in [0.717, 1.165) is 18.9 Å². The Morgan fingerprint density at radius 1 is 1.32 bits per heavy atom. The maximum Gasteiger partial charge on any atom is 0.308 e. The molecule has 7 heteroatoms. The zero-order chi connectivity index (χ0) is 18.6. The van der Waals surface area contributed by atoms with Crippen LogP contribution in [0.5, 0.6) is 5.75 Å². The third-order valence-electron chi connectivity index (χ3n) is 4.24. The molecule has 0 bridgehead atoms. The van der Waals surface area contributed by atoms with Crippen LogP contribution < -0.4 is 4.74 Å². The monoisotopic (exact) mass is 351 g/mol. The average Bonchev–Trinajstić information content (AvgIpc) is 3.41. The van der Waals surface area contributed by atoms with Gasteiger partial charge in [0.05, 0.1) is 13.0 Å². The Morgan fingerprint density at radius 3 is 2.52 bits per heavy atom. The summed E-state index contributed by atoms with van der Waals surface area (Å²) in [6.07, 6.45) is 1.65. The molecule has 136 valence electrons. The van der Waals surface area contributed by atoms with Crippen LogP contribution in [0.3, 0.4) is 0 Å². The molecule has 1 saturated carbocycles. The number of halogens is 1. The largest absolute Gasteiger partial charge is 0.494 e. The summed E-state index contributed by atoms with van der Waals surface area (Å²) < 4.78 is 18.5. The van der Waals surface area contributed by atoms with Gasteiger partial charge in [0.1, 0.15) is 0 Å². The third-order valence-corrected chi connectivity index (χ3v) is 4.24. The minimum Gasteiger partial charge on any atom is -0.494 e. The highest BCUT2D eigenvalue weighted by atomic mass is 19.1. The molecule has 0 aromatic heterocycles. The molecule has 1 aliphatic rings. The van der Waals surface area contributed by atoms with E-state index in [-0.39, 0.29) is 48.4 Å². The number of amides is 1. The van der Waals surface area contributed by atoms with E-state index in [1.165, 1.54) is 19.2 Å². The highest BCUT2D eigenvalue weighted by molar-refractivity contribution is 5.98. The van der Waals surface area contributed by atoms with Crippen molar-refractivity contribution < 1.29 is 28.6 Å². The number of carbonyl (C=O) groups excluding carboxylic acids is 2. The highest BCUT2D eigenvalue weighted by Gasteiger charge is 2.34. The molecule has 6 nitrogen and oxygen atoms in total. The summed E-state index contributed by atoms with van der Waals surface area (Å²) in [6.45, 7) is 1.69. The fourth-order valence-electron chi connectivity index (χ4n) is 2.56. The second-order valence-corrected chi connectivity index (χ2v) is 6.29. The third kappa shape index (κ3) is 5.01. The number of benzene rings is 1. The Hall–Kier alpha value is -2.44. The van der Waals surface area contributed by atoms with Crippen molar-refractivity contribution in [1.29, 1.82) is 0 Å². The number of hydrogen-bond acceptors (Lipinski definition) is 4. The number of carboxylic acid groups (broad SMARTS) is 1. The number of hydrogen-bond donors (Lipinski definition) is 1. The van der Waals surface area contributed by atoms with Gasteiger partial charge in [0.2, 0.25) is 5.91 Å². The van der Waals surface area contributed by atoms with Crippen LogP contribution in [0.25, 0.3) is 0 Å². The lowest BCUT2D eigenvalue weighted by molar-refractivity contribution is -0.143. The van der Waals surface area contributed by atoms with Crippen LogP contribution in [0.4, 0.5) is 4.39 Å². The van der Waals surface area contributed by atoms with Crippen LogP contribution in [0.1, 0.15) is 43.0 Å². The Balaban J connectivity index is 1.94. The van der Waals surface area contributed by atoms with Gasteiger partial charge < -0.3 is 14.7 Å². The molecule has 2 rings (SSSR count). The lowest BCUT2D eigenvalue weighted by Gasteiger charge is -2.24. The lowest BCUT2D eigenvalue weighted by atomic mass is 10.1. The van der Waals surface area contributed by atoms with Gasteiger partial charge in [-0.15, -0.1) is 0 Å². The van der Waals surface area contributed by atoms with Crippen LogP contribution in [0, 0.1) is 11.7 Å². The first-order valence-electron chi connectivity index (χ1n) is 8.22. The number of carboxylic acids is 1. The average molecular weight is 351 g/mol. The van der Waals surface area contributed by atoms with Crippen molar-refractivity contribution in [3.8, 4) is 5.75 Å². The van der Waals surface area contributed by atoms with Crippen molar-refractivity contribution in [2.45, 2.75) is 38.6 Å². The Bertz CT molecular complexity index is 671. The van der Waals surface area contributed by atoms with Gasteiger partial charge in [0.25, 0.3) is 0 Å². The molecule has 1 atom stereocenters. The van der Waals surface area contributed by atoms with Gasteiger partial charge in [-0.3, -0.25) is 14.4 Å². The maximum absolute atomic E-state index is 13.7. The summed E-state index contributed by atoms with van der Waals surface area (Å²) in [5, 5.41) is 9.01. The molecule has 1 aliphatic carbocycles. The number of ether oxygens (including phenoxy) is 1. The summed E-state index contributed by atoms with van der Waals surface area (Å²) >= 11 is 0. The molecule has 0 saturated heterocycles. The highest BCUT2D eigenvalue weighted by Crippen LogP contribution is 2.28. The smallest absolute Gasteiger partial charge is 0.308 e. The topological polar surface area (TPSA) is 83.9 Å². The number of Topliss-reactive ketones (excluding diaryl/α,β-unsaturated/α-hetero) is 1. The van der Waals surface area contributed by atoms with Gasteiger partial charge in [-0.25, -0.2) is 4.39 Å². The van der Waals surface area contributed by atoms with Gasteiger partial charge in [0.15, 0.2) is 17.3 Å². The number of carbonyl (C=O) groups is 3. The van der Waals surface area contributed by atoms with Crippen LogP contribution in [-0.4, -0.2) is 47.4 Å². The van der Waals surface area contributed by atoms with Gasteiger partial charge in [-0.2, -0.15) is 0 Å². The van der Waals surface area contributed by atoms with Crippen molar-refractivity contribution in [3.05, 3.63) is 29.6 Å². The van der Waals surface area contributed by atoms with E-state index in [9.17, 15) is 18.8 Å². The van der Waals surface area contributed by atoms with Crippen LogP contribution >= 0.6 is 0 Å². The minimum atomic E-state index is -0.955. The first kappa shape index (κ1) is 18.9. The second kappa shape index (κ2) is 8.09. The van der Waals surface area contributed by atoms with Gasteiger partial charge in [-0.1, -0.05) is 6.92 Å². The van der Waals surface area contributed by atoms with Crippen molar-refractivity contribution in [2.75, 3.05) is 13.7 Å². The standard InChI is InChI=1S/C18H22FNO5/c1-11(18(23)24)10-20(13-4-5-13)17(22)8-6-15(21)12-3-7-16(25-2)14(19)9-12/h3,7,9,11,13H,4-6,8,10H2,1-2H3,(H,23,24). The predicted octanol–water partition coefficient (Wildman–Crippen LogP) is 2.51. The quantitative estimate of drug-likeness (QED) is 0.691. The molecule has 0 heterocycles. The van der Waals surface area contributed by atoms with Gasteiger partial charge in [0, 0.05) is 31.0 Å². The van der Waals surface area contributed by atoms with Crippen LogP contribution in [0.2, 0.25) is 0 Å². The minimum absolute atomic E-state index is 0.0185. The van der Waals surface area contributed by atoms with E-state index in [2.05, 4.69) is 0 Å². The molecule has 1 fully saturated rings. The number of ketones is 1. The van der Waals surface area contributed by atoms with Gasteiger partial charge >= 0.3 is 5.97 Å². The summed E-state index contributed by atoms with van der Waals surface area (Å²) in [6, 6.07) is 3.99. The summed E-state index contributed by atoms with van der Waals surface area (Å²) in [7, 11) is 1.34. The predicted molar refractivity (Wildman–Crippen MR) is 88.1 cm³/mol. The Morgan fingerprint density at radius 2 is 2.00 bits per heavy atom. The number of aliphatic carboxylic acids is 1. The van der Waals surface area contributed by atoms with E-state index >= 15 is 0 Å². The number of nitrogens with zero attached hydrogens (tertiary/aromatic N) is 1. The molecule has 25 heavy (non-hydrogen) atoms. The molecule has 0 spiro atoms. The summed E-state index contributed by atoms with van der Waals surface area (Å²) in [5.74, 6) is -2.77. The molecular formula is C18H22FNO5. The first-order valence-corrected chi connectivity index (χ1v) is 8.22. The number of methoxy groups -OCH3 is 1. The van der Waals surface area contributed by atoms with Crippen LogP contribution in [0.15, 0.2) is 18.2 Å². The summed E-state index contributed by atoms with van der Waals surface area (Å²) in [4.78, 5) is 37.1. The normalized spacial score (nSPS) is 14.7. The van der Waals surface area contributed by atoms with E-state index < -0.39 is 17.7 Å². The van der Waals surface area contributed by atoms with Crippen molar-refractivity contribution in [1.82, 2.24) is 4.90 Å². The Kier molecular flexibility index (Phi) is 6.12. The lowest BCUT2D eigenvalue weighted by Crippen LogP contribution is -2.38. The summed E-state index contributed by atoms with van der Waals surface area (Å²) in [5.41, 5.74) is 0.183.